The Labute approximate surface area is 122 Å². The van der Waals surface area contributed by atoms with Crippen molar-refractivity contribution in [3.8, 4) is 0 Å². The lowest BCUT2D eigenvalue weighted by molar-refractivity contribution is -0.137. The number of piperazine rings is 1. The average Bonchev–Trinajstić information content (AvgIpc) is 2.41. The molecule has 4 nitrogen and oxygen atoms in total. The van der Waals surface area contributed by atoms with Crippen molar-refractivity contribution in [3.63, 3.8) is 0 Å². The molecule has 1 aliphatic heterocycles. The van der Waals surface area contributed by atoms with Gasteiger partial charge in [0.2, 0.25) is 0 Å². The number of rotatable bonds is 3. The van der Waals surface area contributed by atoms with Crippen molar-refractivity contribution in [3.05, 3.63) is 17.7 Å². The molecule has 1 atom stereocenters. The van der Waals surface area contributed by atoms with Gasteiger partial charge in [-0.15, -0.1) is 0 Å². The van der Waals surface area contributed by atoms with Crippen molar-refractivity contribution in [2.24, 2.45) is 0 Å². The van der Waals surface area contributed by atoms with E-state index >= 15 is 0 Å². The highest BCUT2D eigenvalue weighted by Gasteiger charge is 2.33. The quantitative estimate of drug-likeness (QED) is 0.930. The molecule has 2 rings (SSSR count). The Morgan fingerprint density at radius 2 is 2.05 bits per heavy atom. The normalized spacial score (nSPS) is 20.7. The van der Waals surface area contributed by atoms with Crippen LogP contribution >= 0.6 is 0 Å². The maximum atomic E-state index is 13.0. The highest BCUT2D eigenvalue weighted by molar-refractivity contribution is 5.51. The van der Waals surface area contributed by atoms with Crippen molar-refractivity contribution >= 4 is 11.6 Å². The molecule has 21 heavy (non-hydrogen) atoms. The zero-order chi connectivity index (χ0) is 15.6. The van der Waals surface area contributed by atoms with Gasteiger partial charge in [-0.05, 0) is 33.0 Å². The third-order valence-corrected chi connectivity index (χ3v) is 3.78. The number of alkyl halides is 3. The van der Waals surface area contributed by atoms with E-state index in [0.29, 0.717) is 25.5 Å². The van der Waals surface area contributed by atoms with Crippen LogP contribution in [0.1, 0.15) is 19.4 Å². The molecule has 0 bridgehead atoms. The molecule has 1 saturated heterocycles. The van der Waals surface area contributed by atoms with E-state index in [-0.39, 0.29) is 11.9 Å². The molecule has 0 aliphatic carbocycles. The maximum Gasteiger partial charge on any atom is 0.416 e. The predicted octanol–water partition coefficient (Wildman–Crippen LogP) is 2.67. The van der Waals surface area contributed by atoms with Gasteiger partial charge in [0.25, 0.3) is 0 Å². The summed E-state index contributed by atoms with van der Waals surface area (Å²) in [5, 5.41) is 2.87. The predicted molar refractivity (Wildman–Crippen MR) is 77.7 cm³/mol. The Kier molecular flexibility index (Phi) is 4.61. The fraction of sp³-hybridized carbons (Fsp3) is 0.643. The molecule has 1 aromatic heterocycles. The number of hydrogen-bond donors (Lipinski definition) is 1. The second-order valence-corrected chi connectivity index (χ2v) is 5.40. The molecule has 1 N–H and O–H groups in total. The molecule has 2 heterocycles. The minimum Gasteiger partial charge on any atom is -0.370 e. The molecule has 7 heteroatoms. The van der Waals surface area contributed by atoms with Crippen LogP contribution in [0, 0.1) is 0 Å². The number of anilines is 2. The third kappa shape index (κ3) is 3.78. The minimum atomic E-state index is -4.36. The summed E-state index contributed by atoms with van der Waals surface area (Å²) in [6, 6.07) is 2.49. The van der Waals surface area contributed by atoms with E-state index in [9.17, 15) is 13.2 Å². The summed E-state index contributed by atoms with van der Waals surface area (Å²) in [6.07, 6.45) is -4.36. The molecule has 118 valence electrons. The van der Waals surface area contributed by atoms with Crippen molar-refractivity contribution in [1.82, 2.24) is 9.88 Å². The Morgan fingerprint density at radius 1 is 1.33 bits per heavy atom. The van der Waals surface area contributed by atoms with E-state index in [2.05, 4.69) is 22.1 Å². The number of likely N-dealkylation sites (N-methyl/N-ethyl adjacent to an activating group) is 1. The van der Waals surface area contributed by atoms with Crippen LogP contribution in [-0.4, -0.2) is 49.2 Å². The molecular weight excluding hydrogens is 281 g/mol. The molecule has 0 saturated carbocycles. The Morgan fingerprint density at radius 3 is 2.62 bits per heavy atom. The number of hydrogen-bond acceptors (Lipinski definition) is 4. The Bertz CT molecular complexity index is 490. The summed E-state index contributed by atoms with van der Waals surface area (Å²) in [5.74, 6) is 0.662. The van der Waals surface area contributed by atoms with Gasteiger partial charge in [-0.3, -0.25) is 0 Å². The first-order valence-corrected chi connectivity index (χ1v) is 7.09. The number of nitrogens with one attached hydrogen (secondary N) is 1. The molecule has 0 aromatic carbocycles. The zero-order valence-electron chi connectivity index (χ0n) is 12.5. The highest BCUT2D eigenvalue weighted by Crippen LogP contribution is 2.33. The lowest BCUT2D eigenvalue weighted by atomic mass is 10.2. The van der Waals surface area contributed by atoms with Gasteiger partial charge < -0.3 is 15.1 Å². The van der Waals surface area contributed by atoms with Crippen LogP contribution in [0.5, 0.6) is 0 Å². The highest BCUT2D eigenvalue weighted by atomic mass is 19.4. The van der Waals surface area contributed by atoms with E-state index in [1.165, 1.54) is 0 Å². The summed E-state index contributed by atoms with van der Waals surface area (Å²) in [5.41, 5.74) is -0.657. The fourth-order valence-corrected chi connectivity index (χ4v) is 2.37. The van der Waals surface area contributed by atoms with E-state index in [1.54, 1.807) is 0 Å². The maximum absolute atomic E-state index is 13.0. The van der Waals surface area contributed by atoms with E-state index in [0.717, 1.165) is 18.7 Å². The lowest BCUT2D eigenvalue weighted by Gasteiger charge is -2.38. The number of aromatic nitrogens is 1. The summed E-state index contributed by atoms with van der Waals surface area (Å²) in [7, 11) is 2.02. The summed E-state index contributed by atoms with van der Waals surface area (Å²) in [6.45, 7) is 6.60. The SMILES string of the molecule is CCNc1cc(C(F)(F)F)cc(N2CCN(C)C(C)C2)n1. The zero-order valence-corrected chi connectivity index (χ0v) is 12.5. The summed E-state index contributed by atoms with van der Waals surface area (Å²) < 4.78 is 39.0. The second kappa shape index (κ2) is 6.09. The summed E-state index contributed by atoms with van der Waals surface area (Å²) in [4.78, 5) is 8.42. The Balaban J connectivity index is 2.31. The molecule has 1 unspecified atom stereocenters. The lowest BCUT2D eigenvalue weighted by Crippen LogP contribution is -2.50. The van der Waals surface area contributed by atoms with Gasteiger partial charge in [0.15, 0.2) is 0 Å². The van der Waals surface area contributed by atoms with Crippen LogP contribution in [-0.2, 0) is 6.18 Å². The van der Waals surface area contributed by atoms with E-state index in [4.69, 9.17) is 0 Å². The van der Waals surface area contributed by atoms with Gasteiger partial charge in [-0.25, -0.2) is 4.98 Å². The van der Waals surface area contributed by atoms with Gasteiger partial charge in [0, 0.05) is 32.2 Å². The monoisotopic (exact) mass is 302 g/mol. The van der Waals surface area contributed by atoms with Gasteiger partial charge in [-0.2, -0.15) is 13.2 Å². The van der Waals surface area contributed by atoms with E-state index in [1.807, 2.05) is 18.9 Å². The van der Waals surface area contributed by atoms with Crippen LogP contribution in [0.25, 0.3) is 0 Å². The first-order chi connectivity index (χ1) is 9.81. The smallest absolute Gasteiger partial charge is 0.370 e. The number of pyridine rings is 1. The molecule has 0 radical (unpaired) electrons. The van der Waals surface area contributed by atoms with Gasteiger partial charge >= 0.3 is 6.18 Å². The van der Waals surface area contributed by atoms with Gasteiger partial charge in [0.05, 0.1) is 5.56 Å². The van der Waals surface area contributed by atoms with Gasteiger partial charge in [0.1, 0.15) is 11.6 Å². The van der Waals surface area contributed by atoms with E-state index < -0.39 is 11.7 Å². The first kappa shape index (κ1) is 15.9. The Hall–Kier alpha value is -1.50. The van der Waals surface area contributed by atoms with Gasteiger partial charge in [-0.1, -0.05) is 0 Å². The van der Waals surface area contributed by atoms with Crippen molar-refractivity contribution in [1.29, 1.82) is 0 Å². The van der Waals surface area contributed by atoms with Crippen LogP contribution < -0.4 is 10.2 Å². The average molecular weight is 302 g/mol. The standard InChI is InChI=1S/C14H21F3N4/c1-4-18-12-7-11(14(15,16)17)8-13(19-12)21-6-5-20(3)10(2)9-21/h7-8,10H,4-6,9H2,1-3H3,(H,18,19). The van der Waals surface area contributed by atoms with Crippen LogP contribution in [0.2, 0.25) is 0 Å². The third-order valence-electron chi connectivity index (χ3n) is 3.78. The molecule has 1 aliphatic rings. The van der Waals surface area contributed by atoms with Crippen LogP contribution in [0.15, 0.2) is 12.1 Å². The molecule has 1 fully saturated rings. The second-order valence-electron chi connectivity index (χ2n) is 5.40. The largest absolute Gasteiger partial charge is 0.416 e. The van der Waals surface area contributed by atoms with Crippen molar-refractivity contribution in [2.45, 2.75) is 26.1 Å². The molecular formula is C14H21F3N4. The van der Waals surface area contributed by atoms with Crippen LogP contribution in [0.4, 0.5) is 24.8 Å². The molecule has 0 amide bonds. The first-order valence-electron chi connectivity index (χ1n) is 7.09. The number of nitrogens with zero attached hydrogens (tertiary/aromatic N) is 3. The van der Waals surface area contributed by atoms with Crippen molar-refractivity contribution < 1.29 is 13.2 Å². The summed E-state index contributed by atoms with van der Waals surface area (Å²) >= 11 is 0. The topological polar surface area (TPSA) is 31.4 Å². The molecule has 1 aromatic rings. The van der Waals surface area contributed by atoms with Crippen LogP contribution in [0.3, 0.4) is 0 Å². The number of halogens is 3. The molecule has 0 spiro atoms. The van der Waals surface area contributed by atoms with Crippen molar-refractivity contribution in [2.75, 3.05) is 43.4 Å². The minimum absolute atomic E-state index is 0.272. The fourth-order valence-electron chi connectivity index (χ4n) is 2.37.